The Morgan fingerprint density at radius 3 is 2.36 bits per heavy atom. The van der Waals surface area contributed by atoms with Crippen molar-refractivity contribution in [2.24, 2.45) is 5.92 Å². The van der Waals surface area contributed by atoms with Gasteiger partial charge in [0.05, 0.1) is 4.92 Å². The first-order chi connectivity index (χ1) is 10.1. The van der Waals surface area contributed by atoms with Crippen LogP contribution in [0.5, 0.6) is 0 Å². The quantitative estimate of drug-likeness (QED) is 0.643. The van der Waals surface area contributed by atoms with Crippen molar-refractivity contribution in [2.45, 2.75) is 39.3 Å². The van der Waals surface area contributed by atoms with Gasteiger partial charge in [0, 0.05) is 31.3 Å². The molecule has 0 saturated carbocycles. The Morgan fingerprint density at radius 2 is 1.86 bits per heavy atom. The number of benzene rings is 1. The van der Waals surface area contributed by atoms with E-state index in [2.05, 4.69) is 24.1 Å². The lowest BCUT2D eigenvalue weighted by molar-refractivity contribution is -0.384. The number of hydrogen-bond acceptors (Lipinski definition) is 4. The summed E-state index contributed by atoms with van der Waals surface area (Å²) >= 11 is 0. The maximum absolute atomic E-state index is 10.7. The van der Waals surface area contributed by atoms with E-state index in [0.717, 1.165) is 37.7 Å². The standard InChI is InChI=1S/C16H25N3O2.ClH/c1-13(2)18(12-15-7-9-17-10-8-15)11-14-3-5-16(6-4-14)19(20)21;/h3-6,13,15,17H,7-12H2,1-2H3;1H. The molecule has 0 aliphatic carbocycles. The molecule has 0 aromatic heterocycles. The lowest BCUT2D eigenvalue weighted by Gasteiger charge is -2.32. The third-order valence-corrected chi connectivity index (χ3v) is 4.21. The van der Waals surface area contributed by atoms with Crippen LogP contribution in [-0.4, -0.2) is 35.5 Å². The molecule has 1 fully saturated rings. The fraction of sp³-hybridized carbons (Fsp3) is 0.625. The highest BCUT2D eigenvalue weighted by molar-refractivity contribution is 5.85. The van der Waals surface area contributed by atoms with Crippen LogP contribution in [-0.2, 0) is 6.54 Å². The number of nitro benzene ring substituents is 1. The zero-order valence-corrected chi connectivity index (χ0v) is 14.1. The Bertz CT molecular complexity index is 459. The molecule has 6 heteroatoms. The fourth-order valence-corrected chi connectivity index (χ4v) is 2.81. The molecular weight excluding hydrogens is 302 g/mol. The van der Waals surface area contributed by atoms with Crippen molar-refractivity contribution >= 4 is 18.1 Å². The van der Waals surface area contributed by atoms with Gasteiger partial charge in [-0.25, -0.2) is 0 Å². The van der Waals surface area contributed by atoms with Crippen LogP contribution in [0.3, 0.4) is 0 Å². The first-order valence-corrected chi connectivity index (χ1v) is 7.74. The minimum absolute atomic E-state index is 0. The molecule has 0 radical (unpaired) electrons. The van der Waals surface area contributed by atoms with Crippen LogP contribution in [0.1, 0.15) is 32.3 Å². The van der Waals surface area contributed by atoms with Gasteiger partial charge >= 0.3 is 0 Å². The van der Waals surface area contributed by atoms with Gasteiger partial charge in [-0.3, -0.25) is 15.0 Å². The van der Waals surface area contributed by atoms with Crippen LogP contribution in [0.25, 0.3) is 0 Å². The summed E-state index contributed by atoms with van der Waals surface area (Å²) in [5.74, 6) is 0.756. The second-order valence-corrected chi connectivity index (χ2v) is 6.14. The Morgan fingerprint density at radius 1 is 1.27 bits per heavy atom. The summed E-state index contributed by atoms with van der Waals surface area (Å²) in [6, 6.07) is 7.41. The molecule has 1 saturated heterocycles. The van der Waals surface area contributed by atoms with Crippen molar-refractivity contribution in [3.05, 3.63) is 39.9 Å². The molecule has 1 aromatic carbocycles. The highest BCUT2D eigenvalue weighted by atomic mass is 35.5. The molecule has 1 heterocycles. The van der Waals surface area contributed by atoms with Crippen molar-refractivity contribution in [1.82, 2.24) is 10.2 Å². The van der Waals surface area contributed by atoms with Crippen molar-refractivity contribution in [3.63, 3.8) is 0 Å². The van der Waals surface area contributed by atoms with Gasteiger partial charge in [-0.05, 0) is 51.3 Å². The van der Waals surface area contributed by atoms with Gasteiger partial charge in [-0.15, -0.1) is 12.4 Å². The molecule has 1 aliphatic heterocycles. The predicted molar refractivity (Wildman–Crippen MR) is 91.5 cm³/mol. The molecule has 124 valence electrons. The molecular formula is C16H26ClN3O2. The monoisotopic (exact) mass is 327 g/mol. The van der Waals surface area contributed by atoms with E-state index in [1.165, 1.54) is 12.8 Å². The number of nitro groups is 1. The van der Waals surface area contributed by atoms with Crippen LogP contribution in [0.15, 0.2) is 24.3 Å². The van der Waals surface area contributed by atoms with Crippen LogP contribution >= 0.6 is 12.4 Å². The molecule has 1 aromatic rings. The highest BCUT2D eigenvalue weighted by Crippen LogP contribution is 2.19. The largest absolute Gasteiger partial charge is 0.317 e. The number of non-ortho nitro benzene ring substituents is 1. The molecule has 22 heavy (non-hydrogen) atoms. The Hall–Kier alpha value is -1.17. The topological polar surface area (TPSA) is 58.4 Å². The number of nitrogens with one attached hydrogen (secondary N) is 1. The lowest BCUT2D eigenvalue weighted by Crippen LogP contribution is -2.39. The smallest absolute Gasteiger partial charge is 0.269 e. The number of rotatable bonds is 6. The zero-order valence-electron chi connectivity index (χ0n) is 13.3. The highest BCUT2D eigenvalue weighted by Gasteiger charge is 2.19. The maximum atomic E-state index is 10.7. The number of nitrogens with zero attached hydrogens (tertiary/aromatic N) is 2. The van der Waals surface area contributed by atoms with Crippen LogP contribution < -0.4 is 5.32 Å². The molecule has 0 amide bonds. The van der Waals surface area contributed by atoms with Gasteiger partial charge in [0.1, 0.15) is 0 Å². The van der Waals surface area contributed by atoms with Gasteiger partial charge in [0.2, 0.25) is 0 Å². The van der Waals surface area contributed by atoms with E-state index in [9.17, 15) is 10.1 Å². The average molecular weight is 328 g/mol. The van der Waals surface area contributed by atoms with Gasteiger partial charge in [0.15, 0.2) is 0 Å². The minimum Gasteiger partial charge on any atom is -0.317 e. The molecule has 0 unspecified atom stereocenters. The zero-order chi connectivity index (χ0) is 15.2. The van der Waals surface area contributed by atoms with Crippen LogP contribution in [0.4, 0.5) is 5.69 Å². The lowest BCUT2D eigenvalue weighted by atomic mass is 9.96. The van der Waals surface area contributed by atoms with E-state index >= 15 is 0 Å². The molecule has 5 nitrogen and oxygen atoms in total. The second-order valence-electron chi connectivity index (χ2n) is 6.14. The van der Waals surface area contributed by atoms with Crippen molar-refractivity contribution < 1.29 is 4.92 Å². The van der Waals surface area contributed by atoms with Crippen LogP contribution in [0.2, 0.25) is 0 Å². The molecule has 1 aliphatic rings. The van der Waals surface area contributed by atoms with Gasteiger partial charge in [0.25, 0.3) is 5.69 Å². The number of piperidine rings is 1. The summed E-state index contributed by atoms with van der Waals surface area (Å²) in [6.07, 6.45) is 2.48. The number of hydrogen-bond donors (Lipinski definition) is 1. The van der Waals surface area contributed by atoms with Gasteiger partial charge in [-0.1, -0.05) is 12.1 Å². The molecule has 0 spiro atoms. The van der Waals surface area contributed by atoms with Crippen molar-refractivity contribution in [1.29, 1.82) is 0 Å². The van der Waals surface area contributed by atoms with E-state index < -0.39 is 0 Å². The SMILES string of the molecule is CC(C)N(Cc1ccc([N+](=O)[O-])cc1)CC1CCNCC1.Cl. The van der Waals surface area contributed by atoms with E-state index in [1.54, 1.807) is 12.1 Å². The summed E-state index contributed by atoms with van der Waals surface area (Å²) in [5.41, 5.74) is 1.30. The first-order valence-electron chi connectivity index (χ1n) is 7.74. The van der Waals surface area contributed by atoms with Crippen LogP contribution in [0, 0.1) is 16.0 Å². The normalized spacial score (nSPS) is 15.8. The molecule has 2 rings (SSSR count). The van der Waals surface area contributed by atoms with Crippen molar-refractivity contribution in [2.75, 3.05) is 19.6 Å². The van der Waals surface area contributed by atoms with E-state index in [0.29, 0.717) is 6.04 Å². The van der Waals surface area contributed by atoms with Gasteiger partial charge in [-0.2, -0.15) is 0 Å². The number of halogens is 1. The van der Waals surface area contributed by atoms with Gasteiger partial charge < -0.3 is 5.32 Å². The van der Waals surface area contributed by atoms with E-state index in [1.807, 2.05) is 12.1 Å². The Labute approximate surface area is 138 Å². The summed E-state index contributed by atoms with van der Waals surface area (Å²) in [4.78, 5) is 12.8. The second kappa shape index (κ2) is 9.08. The predicted octanol–water partition coefficient (Wildman–Crippen LogP) is 3.23. The fourth-order valence-electron chi connectivity index (χ4n) is 2.81. The molecule has 1 N–H and O–H groups in total. The third kappa shape index (κ3) is 5.55. The summed E-state index contributed by atoms with van der Waals surface area (Å²) in [7, 11) is 0. The molecule has 0 bridgehead atoms. The summed E-state index contributed by atoms with van der Waals surface area (Å²) in [5, 5.41) is 14.1. The third-order valence-electron chi connectivity index (χ3n) is 4.21. The molecule has 0 atom stereocenters. The van der Waals surface area contributed by atoms with E-state index in [-0.39, 0.29) is 23.0 Å². The Kier molecular flexibility index (Phi) is 7.79. The first kappa shape index (κ1) is 18.9. The average Bonchev–Trinajstić information content (AvgIpc) is 2.48. The Balaban J connectivity index is 0.00000242. The summed E-state index contributed by atoms with van der Waals surface area (Å²) in [6.45, 7) is 8.64. The maximum Gasteiger partial charge on any atom is 0.269 e. The minimum atomic E-state index is -0.348. The van der Waals surface area contributed by atoms with E-state index in [4.69, 9.17) is 0 Å². The summed E-state index contributed by atoms with van der Waals surface area (Å²) < 4.78 is 0. The van der Waals surface area contributed by atoms with Crippen molar-refractivity contribution in [3.8, 4) is 0 Å².